The Morgan fingerprint density at radius 3 is 2.35 bits per heavy atom. The Morgan fingerprint density at radius 2 is 1.83 bits per heavy atom. The van der Waals surface area contributed by atoms with Crippen LogP contribution in [0.15, 0.2) is 24.3 Å². The second kappa shape index (κ2) is 5.36. The van der Waals surface area contributed by atoms with Crippen molar-refractivity contribution in [2.24, 2.45) is 0 Å². The van der Waals surface area contributed by atoms with Crippen LogP contribution in [0.5, 0.6) is 0 Å². The summed E-state index contributed by atoms with van der Waals surface area (Å²) in [5.41, 5.74) is -1.37. The summed E-state index contributed by atoms with van der Waals surface area (Å²) in [4.78, 5) is 12.4. The summed E-state index contributed by atoms with van der Waals surface area (Å²) in [6.45, 7) is 1.17. The minimum atomic E-state index is -2.09. The molecule has 3 rings (SSSR count). The van der Waals surface area contributed by atoms with Crippen molar-refractivity contribution in [3.8, 4) is 0 Å². The van der Waals surface area contributed by atoms with E-state index in [2.05, 4.69) is 0 Å². The molecule has 0 radical (unpaired) electrons. The molecule has 8 heteroatoms. The molecule has 3 nitrogen and oxygen atoms in total. The maximum atomic E-state index is 14.1. The molecule has 0 amide bonds. The lowest BCUT2D eigenvalue weighted by Crippen LogP contribution is -2.25. The zero-order valence-electron chi connectivity index (χ0n) is 11.5. The van der Waals surface area contributed by atoms with Gasteiger partial charge in [-0.15, -0.1) is 11.3 Å². The third kappa shape index (κ3) is 2.65. The molecule has 2 heterocycles. The van der Waals surface area contributed by atoms with Gasteiger partial charge in [0.2, 0.25) is 5.79 Å². The molecule has 1 N–H and O–H groups in total. The molecule has 1 aliphatic rings. The van der Waals surface area contributed by atoms with E-state index in [0.29, 0.717) is 21.3 Å². The van der Waals surface area contributed by atoms with Gasteiger partial charge < -0.3 is 9.84 Å². The van der Waals surface area contributed by atoms with E-state index in [4.69, 9.17) is 16.3 Å². The molecule has 0 saturated heterocycles. The van der Waals surface area contributed by atoms with Crippen LogP contribution in [0.4, 0.5) is 13.2 Å². The van der Waals surface area contributed by atoms with Gasteiger partial charge in [-0.1, -0.05) is 11.6 Å². The highest BCUT2D eigenvalue weighted by Gasteiger charge is 2.46. The number of carbonyl (C=O) groups is 1. The number of hydrogen-bond donors (Lipinski definition) is 1. The fourth-order valence-corrected chi connectivity index (χ4v) is 3.61. The molecule has 1 atom stereocenters. The average Bonchev–Trinajstić information content (AvgIpc) is 2.90. The van der Waals surface area contributed by atoms with Gasteiger partial charge in [0.05, 0.1) is 21.0 Å². The van der Waals surface area contributed by atoms with E-state index in [-0.39, 0.29) is 5.57 Å². The third-order valence-electron chi connectivity index (χ3n) is 3.29. The van der Waals surface area contributed by atoms with E-state index in [1.54, 1.807) is 0 Å². The molecule has 2 aromatic rings. The maximum absolute atomic E-state index is 14.1. The Labute approximate surface area is 137 Å². The molecular formula is C15H8ClF3O3S. The minimum Gasteiger partial charge on any atom is -0.425 e. The van der Waals surface area contributed by atoms with Gasteiger partial charge in [0.15, 0.2) is 0 Å². The standard InChI is InChI=1S/C15H8ClF3O3S/c1-15(21)13(9-2-3-10(16)23-9)12(14(20)22-15)11-7(18)4-6(17)5-8(11)19/h2-5,21H,1H3. The monoisotopic (exact) mass is 360 g/mol. The van der Waals surface area contributed by atoms with Crippen molar-refractivity contribution in [2.45, 2.75) is 12.7 Å². The van der Waals surface area contributed by atoms with Crippen LogP contribution < -0.4 is 0 Å². The highest BCUT2D eigenvalue weighted by molar-refractivity contribution is 7.17. The van der Waals surface area contributed by atoms with Gasteiger partial charge in [-0.3, -0.25) is 0 Å². The fraction of sp³-hybridized carbons (Fsp3) is 0.133. The van der Waals surface area contributed by atoms with E-state index in [0.717, 1.165) is 11.3 Å². The van der Waals surface area contributed by atoms with Crippen LogP contribution >= 0.6 is 22.9 Å². The van der Waals surface area contributed by atoms with Crippen molar-refractivity contribution in [3.05, 3.63) is 56.5 Å². The van der Waals surface area contributed by atoms with Gasteiger partial charge >= 0.3 is 5.97 Å². The van der Waals surface area contributed by atoms with Gasteiger partial charge in [-0.2, -0.15) is 0 Å². The van der Waals surface area contributed by atoms with Crippen LogP contribution in [0.1, 0.15) is 17.4 Å². The molecule has 0 fully saturated rings. The van der Waals surface area contributed by atoms with Gasteiger partial charge in [-0.05, 0) is 12.1 Å². The number of thiophene rings is 1. The first-order valence-electron chi connectivity index (χ1n) is 6.32. The lowest BCUT2D eigenvalue weighted by Gasteiger charge is -2.18. The number of benzene rings is 1. The molecule has 1 aromatic heterocycles. The number of hydrogen-bond acceptors (Lipinski definition) is 4. The zero-order chi connectivity index (χ0) is 16.9. The molecule has 1 aliphatic heterocycles. The molecular weight excluding hydrogens is 353 g/mol. The largest absolute Gasteiger partial charge is 0.425 e. The van der Waals surface area contributed by atoms with Crippen LogP contribution in [0.2, 0.25) is 4.34 Å². The lowest BCUT2D eigenvalue weighted by atomic mass is 9.95. The summed E-state index contributed by atoms with van der Waals surface area (Å²) in [5.74, 6) is -6.87. The Morgan fingerprint density at radius 1 is 1.22 bits per heavy atom. The van der Waals surface area contributed by atoms with Gasteiger partial charge in [0.25, 0.3) is 0 Å². The van der Waals surface area contributed by atoms with Crippen molar-refractivity contribution in [1.82, 2.24) is 0 Å². The molecule has 0 spiro atoms. The maximum Gasteiger partial charge on any atom is 0.342 e. The molecule has 1 aromatic carbocycles. The number of cyclic esters (lactones) is 1. The molecule has 23 heavy (non-hydrogen) atoms. The third-order valence-corrected chi connectivity index (χ3v) is 4.53. The van der Waals surface area contributed by atoms with E-state index in [1.807, 2.05) is 0 Å². The summed E-state index contributed by atoms with van der Waals surface area (Å²) < 4.78 is 46.4. The normalized spacial score (nSPS) is 21.0. The van der Waals surface area contributed by atoms with Crippen LogP contribution in [0, 0.1) is 17.5 Å². The molecule has 0 aliphatic carbocycles. The van der Waals surface area contributed by atoms with E-state index in [1.165, 1.54) is 19.1 Å². The molecule has 1 unspecified atom stereocenters. The van der Waals surface area contributed by atoms with E-state index >= 15 is 0 Å². The first-order chi connectivity index (χ1) is 10.7. The minimum absolute atomic E-state index is 0.121. The van der Waals surface area contributed by atoms with Crippen molar-refractivity contribution in [2.75, 3.05) is 0 Å². The first kappa shape index (κ1) is 16.0. The highest BCUT2D eigenvalue weighted by Crippen LogP contribution is 2.46. The average molecular weight is 361 g/mol. The summed E-state index contributed by atoms with van der Waals surface area (Å²) in [5, 5.41) is 10.3. The van der Waals surface area contributed by atoms with Crippen LogP contribution in [0.3, 0.4) is 0 Å². The molecule has 0 bridgehead atoms. The Balaban J connectivity index is 2.35. The van der Waals surface area contributed by atoms with Gasteiger partial charge in [0, 0.05) is 23.9 Å². The highest BCUT2D eigenvalue weighted by atomic mass is 35.5. The number of rotatable bonds is 2. The van der Waals surface area contributed by atoms with Gasteiger partial charge in [0.1, 0.15) is 17.5 Å². The van der Waals surface area contributed by atoms with Crippen molar-refractivity contribution < 1.29 is 27.8 Å². The molecule has 0 saturated carbocycles. The topological polar surface area (TPSA) is 46.5 Å². The second-order valence-corrected chi connectivity index (χ2v) is 6.69. The quantitative estimate of drug-likeness (QED) is 0.824. The number of carbonyl (C=O) groups excluding carboxylic acids is 1. The van der Waals surface area contributed by atoms with E-state index < -0.39 is 40.3 Å². The summed E-state index contributed by atoms with van der Waals surface area (Å²) >= 11 is 6.84. The predicted molar refractivity (Wildman–Crippen MR) is 79.2 cm³/mol. The fourth-order valence-electron chi connectivity index (χ4n) is 2.43. The van der Waals surface area contributed by atoms with Gasteiger partial charge in [-0.25, -0.2) is 18.0 Å². The summed E-state index contributed by atoms with van der Waals surface area (Å²) in [7, 11) is 0. The summed E-state index contributed by atoms with van der Waals surface area (Å²) in [6.07, 6.45) is 0. The second-order valence-electron chi connectivity index (χ2n) is 4.97. The number of halogens is 4. The predicted octanol–water partition coefficient (Wildman–Crippen LogP) is 3.99. The Kier molecular flexibility index (Phi) is 3.74. The van der Waals surface area contributed by atoms with E-state index in [9.17, 15) is 23.1 Å². The Bertz CT molecular complexity index is 834. The zero-order valence-corrected chi connectivity index (χ0v) is 13.1. The molecule has 120 valence electrons. The van der Waals surface area contributed by atoms with Crippen molar-refractivity contribution in [3.63, 3.8) is 0 Å². The summed E-state index contributed by atoms with van der Waals surface area (Å²) in [6, 6.07) is 3.88. The number of ether oxygens (including phenoxy) is 1. The van der Waals surface area contributed by atoms with Crippen molar-refractivity contribution >= 4 is 40.1 Å². The van der Waals surface area contributed by atoms with Crippen LogP contribution in [-0.2, 0) is 9.53 Å². The van der Waals surface area contributed by atoms with Crippen LogP contribution in [-0.4, -0.2) is 16.9 Å². The number of aliphatic hydroxyl groups is 1. The Hall–Kier alpha value is -1.83. The lowest BCUT2D eigenvalue weighted by molar-refractivity contribution is -0.169. The number of esters is 1. The first-order valence-corrected chi connectivity index (χ1v) is 7.51. The SMILES string of the molecule is CC1(O)OC(=O)C(c2c(F)cc(F)cc2F)=C1c1ccc(Cl)s1. The van der Waals surface area contributed by atoms with Crippen LogP contribution in [0.25, 0.3) is 11.1 Å². The van der Waals surface area contributed by atoms with Crippen molar-refractivity contribution in [1.29, 1.82) is 0 Å². The smallest absolute Gasteiger partial charge is 0.342 e.